The van der Waals surface area contributed by atoms with Crippen LogP contribution in [0.3, 0.4) is 0 Å². The zero-order valence-corrected chi connectivity index (χ0v) is 9.37. The highest BCUT2D eigenvalue weighted by atomic mass is 14.6. The fourth-order valence-electron chi connectivity index (χ4n) is 2.12. The Labute approximate surface area is 92.0 Å². The Morgan fingerprint density at radius 2 is 1.93 bits per heavy atom. The minimum atomic E-state index is 0.292. The number of hydrogen-bond donors (Lipinski definition) is 1. The first kappa shape index (κ1) is 10.4. The lowest BCUT2D eigenvalue weighted by atomic mass is 9.89. The number of rotatable bonds is 1. The molecule has 1 aromatic carbocycles. The van der Waals surface area contributed by atoms with Crippen LogP contribution in [0.1, 0.15) is 36.8 Å². The molecule has 0 radical (unpaired) electrons. The van der Waals surface area contributed by atoms with E-state index in [-0.39, 0.29) is 0 Å². The molecule has 1 nitrogen and oxygen atoms in total. The van der Waals surface area contributed by atoms with Gasteiger partial charge in [0.15, 0.2) is 0 Å². The summed E-state index contributed by atoms with van der Waals surface area (Å²) in [6.07, 6.45) is 7.17. The maximum atomic E-state index is 6.09. The van der Waals surface area contributed by atoms with Crippen molar-refractivity contribution in [1.29, 1.82) is 0 Å². The second kappa shape index (κ2) is 4.63. The Morgan fingerprint density at radius 3 is 2.60 bits per heavy atom. The van der Waals surface area contributed by atoms with Crippen molar-refractivity contribution in [1.82, 2.24) is 0 Å². The number of aryl methyl sites for hydroxylation is 1. The highest BCUT2D eigenvalue weighted by Gasteiger charge is 2.13. The van der Waals surface area contributed by atoms with E-state index in [1.807, 2.05) is 0 Å². The molecule has 1 fully saturated rings. The average Bonchev–Trinajstić information content (AvgIpc) is 2.25. The molecular formula is C14H19N. The molecule has 1 atom stereocenters. The van der Waals surface area contributed by atoms with E-state index in [1.54, 1.807) is 0 Å². The lowest BCUT2D eigenvalue weighted by Gasteiger charge is -2.21. The summed E-state index contributed by atoms with van der Waals surface area (Å²) in [6, 6.07) is 8.94. The van der Waals surface area contributed by atoms with Gasteiger partial charge < -0.3 is 5.73 Å². The van der Waals surface area contributed by atoms with E-state index in [0.717, 1.165) is 6.42 Å². The van der Waals surface area contributed by atoms with Crippen molar-refractivity contribution in [3.05, 3.63) is 41.0 Å². The van der Waals surface area contributed by atoms with Crippen LogP contribution >= 0.6 is 0 Å². The van der Waals surface area contributed by atoms with Gasteiger partial charge in [0.05, 0.1) is 0 Å². The Bertz CT molecular complexity index is 348. The smallest absolute Gasteiger partial charge is 0.0256 e. The standard InChI is InChI=1S/C14H19N/c1-11-6-8-12(9-7-11)10-13-4-2-3-5-14(13)15/h6-10,14H,2-5,15H2,1H3/b13-10-. The molecule has 1 aliphatic carbocycles. The van der Waals surface area contributed by atoms with E-state index < -0.39 is 0 Å². The van der Waals surface area contributed by atoms with Crippen LogP contribution in [0.25, 0.3) is 6.08 Å². The van der Waals surface area contributed by atoms with Crippen LogP contribution in [0.2, 0.25) is 0 Å². The van der Waals surface area contributed by atoms with Crippen molar-refractivity contribution in [3.8, 4) is 0 Å². The number of benzene rings is 1. The van der Waals surface area contributed by atoms with Gasteiger partial charge in [0, 0.05) is 6.04 Å². The van der Waals surface area contributed by atoms with Gasteiger partial charge in [-0.15, -0.1) is 0 Å². The van der Waals surface area contributed by atoms with Gasteiger partial charge >= 0.3 is 0 Å². The van der Waals surface area contributed by atoms with Crippen LogP contribution in [0, 0.1) is 6.92 Å². The summed E-state index contributed by atoms with van der Waals surface area (Å²) in [5.74, 6) is 0. The molecule has 0 aliphatic heterocycles. The lowest BCUT2D eigenvalue weighted by Crippen LogP contribution is -2.25. The van der Waals surface area contributed by atoms with Gasteiger partial charge in [-0.1, -0.05) is 47.9 Å². The minimum absolute atomic E-state index is 0.292. The maximum Gasteiger partial charge on any atom is 0.0256 e. The Balaban J connectivity index is 2.17. The molecule has 0 amide bonds. The number of nitrogens with two attached hydrogens (primary N) is 1. The first-order chi connectivity index (χ1) is 7.25. The van der Waals surface area contributed by atoms with Crippen LogP contribution in [0.5, 0.6) is 0 Å². The Kier molecular flexibility index (Phi) is 3.22. The quantitative estimate of drug-likeness (QED) is 0.741. The predicted octanol–water partition coefficient (Wildman–Crippen LogP) is 3.28. The van der Waals surface area contributed by atoms with Crippen LogP contribution in [-0.4, -0.2) is 6.04 Å². The molecule has 0 bridgehead atoms. The van der Waals surface area contributed by atoms with Gasteiger partial charge in [-0.3, -0.25) is 0 Å². The van der Waals surface area contributed by atoms with E-state index in [1.165, 1.54) is 36.0 Å². The van der Waals surface area contributed by atoms with Crippen LogP contribution < -0.4 is 5.73 Å². The minimum Gasteiger partial charge on any atom is -0.324 e. The molecular weight excluding hydrogens is 182 g/mol. The Hall–Kier alpha value is -1.08. The molecule has 1 aliphatic rings. The molecule has 1 saturated carbocycles. The second-order valence-corrected chi connectivity index (χ2v) is 4.48. The third-order valence-corrected chi connectivity index (χ3v) is 3.14. The molecule has 0 heterocycles. The van der Waals surface area contributed by atoms with Crippen molar-refractivity contribution >= 4 is 6.08 Å². The highest BCUT2D eigenvalue weighted by Crippen LogP contribution is 2.24. The summed E-state index contributed by atoms with van der Waals surface area (Å²) < 4.78 is 0. The third-order valence-electron chi connectivity index (χ3n) is 3.14. The van der Waals surface area contributed by atoms with Crippen molar-refractivity contribution in [3.63, 3.8) is 0 Å². The average molecular weight is 201 g/mol. The molecule has 1 heteroatoms. The highest BCUT2D eigenvalue weighted by molar-refractivity contribution is 5.54. The lowest BCUT2D eigenvalue weighted by molar-refractivity contribution is 0.540. The van der Waals surface area contributed by atoms with Crippen molar-refractivity contribution in [2.45, 2.75) is 38.6 Å². The summed E-state index contributed by atoms with van der Waals surface area (Å²) in [6.45, 7) is 2.11. The summed E-state index contributed by atoms with van der Waals surface area (Å²) in [4.78, 5) is 0. The molecule has 80 valence electrons. The molecule has 0 spiro atoms. The monoisotopic (exact) mass is 201 g/mol. The summed E-state index contributed by atoms with van der Waals surface area (Å²) in [7, 11) is 0. The zero-order chi connectivity index (χ0) is 10.7. The van der Waals surface area contributed by atoms with Gasteiger partial charge in [-0.2, -0.15) is 0 Å². The topological polar surface area (TPSA) is 26.0 Å². The maximum absolute atomic E-state index is 6.09. The first-order valence-electron chi connectivity index (χ1n) is 5.78. The van der Waals surface area contributed by atoms with Crippen LogP contribution in [0.4, 0.5) is 0 Å². The first-order valence-corrected chi connectivity index (χ1v) is 5.78. The number of hydrogen-bond acceptors (Lipinski definition) is 1. The molecule has 0 saturated heterocycles. The van der Waals surface area contributed by atoms with Crippen molar-refractivity contribution < 1.29 is 0 Å². The van der Waals surface area contributed by atoms with Gasteiger partial charge in [0.1, 0.15) is 0 Å². The van der Waals surface area contributed by atoms with Crippen LogP contribution in [0.15, 0.2) is 29.8 Å². The largest absolute Gasteiger partial charge is 0.324 e. The summed E-state index contributed by atoms with van der Waals surface area (Å²) in [5, 5.41) is 0. The van der Waals surface area contributed by atoms with Gasteiger partial charge in [-0.25, -0.2) is 0 Å². The molecule has 2 N–H and O–H groups in total. The van der Waals surface area contributed by atoms with Crippen molar-refractivity contribution in [2.24, 2.45) is 5.73 Å². The summed E-state index contributed by atoms with van der Waals surface area (Å²) >= 11 is 0. The zero-order valence-electron chi connectivity index (χ0n) is 9.37. The molecule has 1 aromatic rings. The summed E-state index contributed by atoms with van der Waals surface area (Å²) in [5.41, 5.74) is 10.1. The fourth-order valence-corrected chi connectivity index (χ4v) is 2.12. The van der Waals surface area contributed by atoms with Gasteiger partial charge in [0.2, 0.25) is 0 Å². The fraction of sp³-hybridized carbons (Fsp3) is 0.429. The van der Waals surface area contributed by atoms with Gasteiger partial charge in [0.25, 0.3) is 0 Å². The van der Waals surface area contributed by atoms with E-state index in [2.05, 4.69) is 37.3 Å². The van der Waals surface area contributed by atoms with Gasteiger partial charge in [-0.05, 0) is 31.7 Å². The van der Waals surface area contributed by atoms with E-state index in [9.17, 15) is 0 Å². The third kappa shape index (κ3) is 2.69. The van der Waals surface area contributed by atoms with E-state index in [0.29, 0.717) is 6.04 Å². The van der Waals surface area contributed by atoms with E-state index in [4.69, 9.17) is 5.73 Å². The molecule has 15 heavy (non-hydrogen) atoms. The Morgan fingerprint density at radius 1 is 1.20 bits per heavy atom. The molecule has 0 aromatic heterocycles. The SMILES string of the molecule is Cc1ccc(/C=C2/CCCCC2N)cc1. The molecule has 2 rings (SSSR count). The second-order valence-electron chi connectivity index (χ2n) is 4.48. The van der Waals surface area contributed by atoms with Crippen molar-refractivity contribution in [2.75, 3.05) is 0 Å². The predicted molar refractivity (Wildman–Crippen MR) is 65.6 cm³/mol. The molecule has 1 unspecified atom stereocenters. The van der Waals surface area contributed by atoms with Crippen LogP contribution in [-0.2, 0) is 0 Å². The van der Waals surface area contributed by atoms with E-state index >= 15 is 0 Å². The normalized spacial score (nSPS) is 24.4.